The number of carbonyl (C=O) groups is 1. The van der Waals surface area contributed by atoms with E-state index in [0.29, 0.717) is 10.6 Å². The first-order valence-corrected chi connectivity index (χ1v) is 7.80. The van der Waals surface area contributed by atoms with E-state index in [4.69, 9.17) is 11.6 Å². The fourth-order valence-corrected chi connectivity index (χ4v) is 3.18. The molecule has 0 aromatic heterocycles. The van der Waals surface area contributed by atoms with Crippen LogP contribution in [0.1, 0.15) is 15.9 Å². The van der Waals surface area contributed by atoms with Gasteiger partial charge in [-0.1, -0.05) is 41.9 Å². The minimum atomic E-state index is -1.42. The Morgan fingerprint density at radius 3 is 2.45 bits per heavy atom. The van der Waals surface area contributed by atoms with Crippen molar-refractivity contribution < 1.29 is 13.4 Å². The molecule has 2 nitrogen and oxygen atoms in total. The van der Waals surface area contributed by atoms with Crippen molar-refractivity contribution in [2.75, 3.05) is 5.75 Å². The zero-order chi connectivity index (χ0) is 14.5. The third-order valence-corrected chi connectivity index (χ3v) is 4.33. The van der Waals surface area contributed by atoms with E-state index in [1.807, 2.05) is 0 Å². The zero-order valence-corrected chi connectivity index (χ0v) is 12.1. The molecule has 2 rings (SSSR count). The van der Waals surface area contributed by atoms with Gasteiger partial charge in [-0.15, -0.1) is 0 Å². The summed E-state index contributed by atoms with van der Waals surface area (Å²) in [4.78, 5) is 11.9. The fraction of sp³-hybridized carbons (Fsp3) is 0.133. The van der Waals surface area contributed by atoms with Gasteiger partial charge in [-0.25, -0.2) is 4.39 Å². The van der Waals surface area contributed by atoms with Crippen LogP contribution in [-0.2, 0) is 16.6 Å². The van der Waals surface area contributed by atoms with E-state index in [-0.39, 0.29) is 17.1 Å². The van der Waals surface area contributed by atoms with Crippen LogP contribution in [-0.4, -0.2) is 15.7 Å². The second-order valence-corrected chi connectivity index (χ2v) is 6.09. The quantitative estimate of drug-likeness (QED) is 0.791. The minimum absolute atomic E-state index is 0.0278. The minimum Gasteiger partial charge on any atom is -0.293 e. The summed E-state index contributed by atoms with van der Waals surface area (Å²) >= 11 is 5.97. The lowest BCUT2D eigenvalue weighted by atomic mass is 10.1. The van der Waals surface area contributed by atoms with Crippen molar-refractivity contribution in [1.82, 2.24) is 0 Å². The maximum atomic E-state index is 13.4. The first-order valence-electron chi connectivity index (χ1n) is 5.94. The molecule has 0 saturated carbocycles. The number of ketones is 1. The van der Waals surface area contributed by atoms with Crippen molar-refractivity contribution in [2.24, 2.45) is 0 Å². The van der Waals surface area contributed by atoms with Crippen LogP contribution >= 0.6 is 11.6 Å². The lowest BCUT2D eigenvalue weighted by Gasteiger charge is -2.05. The van der Waals surface area contributed by atoms with E-state index in [2.05, 4.69) is 0 Å². The van der Waals surface area contributed by atoms with Crippen LogP contribution in [0.2, 0.25) is 5.02 Å². The number of carbonyl (C=O) groups excluding carboxylic acids is 1. The largest absolute Gasteiger partial charge is 0.293 e. The van der Waals surface area contributed by atoms with E-state index in [0.717, 1.165) is 0 Å². The number of benzene rings is 2. The first-order chi connectivity index (χ1) is 9.58. The van der Waals surface area contributed by atoms with Crippen molar-refractivity contribution in [3.8, 4) is 0 Å². The Kier molecular flexibility index (Phi) is 5.04. The van der Waals surface area contributed by atoms with Gasteiger partial charge in [-0.2, -0.15) is 0 Å². The average molecular weight is 311 g/mol. The summed E-state index contributed by atoms with van der Waals surface area (Å²) < 4.78 is 25.4. The molecule has 20 heavy (non-hydrogen) atoms. The van der Waals surface area contributed by atoms with Gasteiger partial charge in [-0.3, -0.25) is 9.00 Å². The highest BCUT2D eigenvalue weighted by Crippen LogP contribution is 2.17. The molecule has 0 aliphatic carbocycles. The molecule has 0 aliphatic heterocycles. The molecule has 104 valence electrons. The average Bonchev–Trinajstić information content (AvgIpc) is 2.41. The van der Waals surface area contributed by atoms with Crippen LogP contribution in [0.25, 0.3) is 0 Å². The van der Waals surface area contributed by atoms with Gasteiger partial charge < -0.3 is 0 Å². The van der Waals surface area contributed by atoms with Crippen LogP contribution in [0, 0.1) is 5.82 Å². The van der Waals surface area contributed by atoms with Crippen LogP contribution in [0.5, 0.6) is 0 Å². The molecule has 0 radical (unpaired) electrons. The molecule has 0 spiro atoms. The lowest BCUT2D eigenvalue weighted by Crippen LogP contribution is -2.14. The topological polar surface area (TPSA) is 34.1 Å². The van der Waals surface area contributed by atoms with Crippen LogP contribution in [0.4, 0.5) is 4.39 Å². The summed E-state index contributed by atoms with van der Waals surface area (Å²) in [7, 11) is -1.42. The molecule has 1 unspecified atom stereocenters. The normalized spacial score (nSPS) is 12.1. The fourth-order valence-electron chi connectivity index (χ4n) is 1.75. The van der Waals surface area contributed by atoms with Crippen molar-refractivity contribution in [3.63, 3.8) is 0 Å². The van der Waals surface area contributed by atoms with Crippen LogP contribution < -0.4 is 0 Å². The van der Waals surface area contributed by atoms with Crippen LogP contribution in [0.15, 0.2) is 48.5 Å². The molecule has 0 heterocycles. The van der Waals surface area contributed by atoms with Crippen molar-refractivity contribution in [1.29, 1.82) is 0 Å². The maximum absolute atomic E-state index is 13.4. The van der Waals surface area contributed by atoms with Gasteiger partial charge in [0.05, 0.1) is 17.1 Å². The van der Waals surface area contributed by atoms with Gasteiger partial charge in [0.2, 0.25) is 0 Å². The molecule has 0 N–H and O–H groups in total. The Morgan fingerprint density at radius 1 is 1.10 bits per heavy atom. The van der Waals surface area contributed by atoms with E-state index in [1.165, 1.54) is 18.2 Å². The van der Waals surface area contributed by atoms with Gasteiger partial charge in [0.15, 0.2) is 5.78 Å². The summed E-state index contributed by atoms with van der Waals surface area (Å²) in [5, 5.41) is 0.513. The molecule has 5 heteroatoms. The summed E-state index contributed by atoms with van der Waals surface area (Å²) in [5.74, 6) is -1.09. The number of hydrogen-bond acceptors (Lipinski definition) is 2. The van der Waals surface area contributed by atoms with Gasteiger partial charge >= 0.3 is 0 Å². The summed E-state index contributed by atoms with van der Waals surface area (Å²) in [6.07, 6.45) is 0. The number of hydrogen-bond donors (Lipinski definition) is 0. The van der Waals surface area contributed by atoms with Crippen molar-refractivity contribution in [2.45, 2.75) is 5.75 Å². The number of rotatable bonds is 5. The molecule has 0 bridgehead atoms. The zero-order valence-electron chi connectivity index (χ0n) is 10.5. The SMILES string of the molecule is O=C(CS(=O)Cc1ccccc1Cl)c1ccccc1F. The van der Waals surface area contributed by atoms with E-state index in [9.17, 15) is 13.4 Å². The monoisotopic (exact) mass is 310 g/mol. The van der Waals surface area contributed by atoms with Gasteiger partial charge in [0.1, 0.15) is 5.82 Å². The molecule has 0 saturated heterocycles. The van der Waals surface area contributed by atoms with E-state index in [1.54, 1.807) is 30.3 Å². The Morgan fingerprint density at radius 2 is 1.75 bits per heavy atom. The molecular weight excluding hydrogens is 299 g/mol. The second kappa shape index (κ2) is 6.77. The smallest absolute Gasteiger partial charge is 0.178 e. The van der Waals surface area contributed by atoms with Crippen molar-refractivity contribution in [3.05, 3.63) is 70.5 Å². The lowest BCUT2D eigenvalue weighted by molar-refractivity contribution is 0.101. The van der Waals surface area contributed by atoms with Gasteiger partial charge in [0, 0.05) is 15.8 Å². The Labute approximate surface area is 124 Å². The summed E-state index contributed by atoms with van der Waals surface area (Å²) in [6.45, 7) is 0. The molecule has 0 amide bonds. The third-order valence-electron chi connectivity index (χ3n) is 2.74. The van der Waals surface area contributed by atoms with Gasteiger partial charge in [0.25, 0.3) is 0 Å². The van der Waals surface area contributed by atoms with Crippen molar-refractivity contribution >= 4 is 28.2 Å². The van der Waals surface area contributed by atoms with E-state index >= 15 is 0 Å². The molecule has 1 atom stereocenters. The molecule has 2 aromatic carbocycles. The van der Waals surface area contributed by atoms with Crippen LogP contribution in [0.3, 0.4) is 0 Å². The molecule has 2 aromatic rings. The third kappa shape index (κ3) is 3.74. The molecule has 0 fully saturated rings. The predicted octanol–water partition coefficient (Wildman–Crippen LogP) is 3.61. The highest BCUT2D eigenvalue weighted by Gasteiger charge is 2.15. The first kappa shape index (κ1) is 14.9. The Hall–Kier alpha value is -1.52. The number of Topliss-reactive ketones (excluding diaryl/α,β-unsaturated/α-hetero) is 1. The molecule has 0 aliphatic rings. The summed E-state index contributed by atoms with van der Waals surface area (Å²) in [6, 6.07) is 12.7. The number of halogens is 2. The highest BCUT2D eigenvalue weighted by atomic mass is 35.5. The summed E-state index contributed by atoms with van der Waals surface area (Å²) in [5.41, 5.74) is 0.689. The van der Waals surface area contributed by atoms with E-state index < -0.39 is 22.4 Å². The standard InChI is InChI=1S/C15H12ClFO2S/c16-13-7-3-1-5-11(13)9-20(19)10-15(18)12-6-2-4-8-14(12)17/h1-8H,9-10H2. The highest BCUT2D eigenvalue weighted by molar-refractivity contribution is 7.85. The Bertz CT molecular complexity index is 658. The predicted molar refractivity (Wildman–Crippen MR) is 78.9 cm³/mol. The second-order valence-electron chi connectivity index (χ2n) is 4.22. The van der Waals surface area contributed by atoms with Gasteiger partial charge in [-0.05, 0) is 23.8 Å². The Balaban J connectivity index is 2.04. The maximum Gasteiger partial charge on any atom is 0.178 e. The molecular formula is C15H12ClFO2S.